The third kappa shape index (κ3) is 3.25. The maximum atomic E-state index is 6.17. The number of benzene rings is 1. The standard InChI is InChI=1S/C13H18ClNO2S/c1-16-12-6-9(5-11(14)13(12)17-2)7-15-10-3-4-18-8-10/h5-6,10,15H,3-4,7-8H2,1-2H3. The molecular weight excluding hydrogens is 270 g/mol. The summed E-state index contributed by atoms with van der Waals surface area (Å²) in [5.74, 6) is 3.73. The van der Waals surface area contributed by atoms with Crippen molar-refractivity contribution < 1.29 is 9.47 Å². The maximum absolute atomic E-state index is 6.17. The summed E-state index contributed by atoms with van der Waals surface area (Å²) >= 11 is 8.17. The Bertz CT molecular complexity index is 408. The summed E-state index contributed by atoms with van der Waals surface area (Å²) < 4.78 is 10.5. The Morgan fingerprint density at radius 2 is 2.22 bits per heavy atom. The van der Waals surface area contributed by atoms with E-state index in [0.29, 0.717) is 22.6 Å². The first-order valence-corrected chi connectivity index (χ1v) is 7.49. The van der Waals surface area contributed by atoms with Crippen LogP contribution in [-0.2, 0) is 6.54 Å². The molecule has 1 N–H and O–H groups in total. The molecule has 0 aromatic heterocycles. The zero-order valence-electron chi connectivity index (χ0n) is 10.7. The number of thioether (sulfide) groups is 1. The summed E-state index contributed by atoms with van der Waals surface area (Å²) in [7, 11) is 3.22. The van der Waals surface area contributed by atoms with Gasteiger partial charge in [0.1, 0.15) is 0 Å². The molecule has 1 aliphatic heterocycles. The molecule has 1 aromatic carbocycles. The van der Waals surface area contributed by atoms with Crippen molar-refractivity contribution in [3.8, 4) is 11.5 Å². The lowest BCUT2D eigenvalue weighted by atomic mass is 10.1. The second-order valence-electron chi connectivity index (χ2n) is 4.25. The third-order valence-corrected chi connectivity index (χ3v) is 4.46. The van der Waals surface area contributed by atoms with Crippen LogP contribution in [-0.4, -0.2) is 31.8 Å². The van der Waals surface area contributed by atoms with Crippen LogP contribution in [0.4, 0.5) is 0 Å². The Kier molecular flexibility index (Phi) is 5.03. The molecule has 1 saturated heterocycles. The first kappa shape index (κ1) is 13.8. The van der Waals surface area contributed by atoms with Crippen molar-refractivity contribution in [1.29, 1.82) is 0 Å². The van der Waals surface area contributed by atoms with E-state index in [-0.39, 0.29) is 0 Å². The highest BCUT2D eigenvalue weighted by Gasteiger charge is 2.15. The lowest BCUT2D eigenvalue weighted by molar-refractivity contribution is 0.354. The molecule has 3 nitrogen and oxygen atoms in total. The zero-order chi connectivity index (χ0) is 13.0. The number of methoxy groups -OCH3 is 2. The van der Waals surface area contributed by atoms with Gasteiger partial charge in [-0.2, -0.15) is 11.8 Å². The normalized spacial score (nSPS) is 18.9. The van der Waals surface area contributed by atoms with Crippen LogP contribution in [0.5, 0.6) is 11.5 Å². The lowest BCUT2D eigenvalue weighted by Gasteiger charge is -2.14. The van der Waals surface area contributed by atoms with Crippen LogP contribution in [0.1, 0.15) is 12.0 Å². The predicted octanol–water partition coefficient (Wildman–Crippen LogP) is 2.95. The molecule has 0 spiro atoms. The molecule has 1 aromatic rings. The van der Waals surface area contributed by atoms with Crippen LogP contribution in [0.3, 0.4) is 0 Å². The van der Waals surface area contributed by atoms with Crippen molar-refractivity contribution in [2.45, 2.75) is 19.0 Å². The van der Waals surface area contributed by atoms with Crippen LogP contribution in [0, 0.1) is 0 Å². The molecular formula is C13H18ClNO2S. The Balaban J connectivity index is 2.05. The fourth-order valence-corrected chi connectivity index (χ4v) is 3.53. The smallest absolute Gasteiger partial charge is 0.179 e. The fraction of sp³-hybridized carbons (Fsp3) is 0.538. The maximum Gasteiger partial charge on any atom is 0.179 e. The SMILES string of the molecule is COc1cc(CNC2CCSC2)cc(Cl)c1OC. The largest absolute Gasteiger partial charge is 0.493 e. The molecule has 0 saturated carbocycles. The molecule has 0 amide bonds. The van der Waals surface area contributed by atoms with Crippen LogP contribution in [0.25, 0.3) is 0 Å². The van der Waals surface area contributed by atoms with E-state index in [0.717, 1.165) is 12.1 Å². The Morgan fingerprint density at radius 1 is 1.39 bits per heavy atom. The molecule has 1 unspecified atom stereocenters. The number of ether oxygens (including phenoxy) is 2. The third-order valence-electron chi connectivity index (χ3n) is 3.02. The summed E-state index contributed by atoms with van der Waals surface area (Å²) in [5.41, 5.74) is 1.12. The summed E-state index contributed by atoms with van der Waals surface area (Å²) in [6.07, 6.45) is 1.24. The van der Waals surface area contributed by atoms with Gasteiger partial charge in [-0.1, -0.05) is 11.6 Å². The molecule has 0 radical (unpaired) electrons. The number of nitrogens with one attached hydrogen (secondary N) is 1. The number of halogens is 1. The number of hydrogen-bond donors (Lipinski definition) is 1. The van der Waals surface area contributed by atoms with Gasteiger partial charge in [0, 0.05) is 18.3 Å². The van der Waals surface area contributed by atoms with E-state index >= 15 is 0 Å². The molecule has 2 rings (SSSR count). The second-order valence-corrected chi connectivity index (χ2v) is 5.81. The van der Waals surface area contributed by atoms with Gasteiger partial charge in [0.2, 0.25) is 0 Å². The van der Waals surface area contributed by atoms with Gasteiger partial charge in [0.05, 0.1) is 19.2 Å². The van der Waals surface area contributed by atoms with Crippen molar-refractivity contribution in [1.82, 2.24) is 5.32 Å². The number of rotatable bonds is 5. The van der Waals surface area contributed by atoms with E-state index in [1.807, 2.05) is 23.9 Å². The quantitative estimate of drug-likeness (QED) is 0.902. The monoisotopic (exact) mass is 287 g/mol. The zero-order valence-corrected chi connectivity index (χ0v) is 12.2. The summed E-state index contributed by atoms with van der Waals surface area (Å²) in [4.78, 5) is 0. The second kappa shape index (κ2) is 6.55. The molecule has 1 aliphatic rings. The van der Waals surface area contributed by atoms with E-state index in [1.165, 1.54) is 17.9 Å². The molecule has 1 atom stereocenters. The summed E-state index contributed by atoms with van der Waals surface area (Å²) in [5, 5.41) is 4.13. The van der Waals surface area contributed by atoms with E-state index in [9.17, 15) is 0 Å². The van der Waals surface area contributed by atoms with Crippen LogP contribution in [0.15, 0.2) is 12.1 Å². The molecule has 0 bridgehead atoms. The van der Waals surface area contributed by atoms with Crippen LogP contribution in [0.2, 0.25) is 5.02 Å². The van der Waals surface area contributed by atoms with Gasteiger partial charge in [0.25, 0.3) is 0 Å². The van der Waals surface area contributed by atoms with Gasteiger partial charge in [-0.05, 0) is 29.9 Å². The molecule has 1 fully saturated rings. The van der Waals surface area contributed by atoms with Gasteiger partial charge < -0.3 is 14.8 Å². The Morgan fingerprint density at radius 3 is 2.83 bits per heavy atom. The van der Waals surface area contributed by atoms with Gasteiger partial charge in [-0.25, -0.2) is 0 Å². The van der Waals surface area contributed by atoms with Gasteiger partial charge >= 0.3 is 0 Å². The van der Waals surface area contributed by atoms with Crippen LogP contribution >= 0.6 is 23.4 Å². The molecule has 0 aliphatic carbocycles. The Hall–Kier alpha value is -0.580. The van der Waals surface area contributed by atoms with E-state index in [1.54, 1.807) is 14.2 Å². The minimum Gasteiger partial charge on any atom is -0.493 e. The highest BCUT2D eigenvalue weighted by Crippen LogP contribution is 2.36. The first-order valence-electron chi connectivity index (χ1n) is 5.96. The molecule has 1 heterocycles. The fourth-order valence-electron chi connectivity index (χ4n) is 2.03. The van der Waals surface area contributed by atoms with Crippen molar-refractivity contribution in [2.24, 2.45) is 0 Å². The summed E-state index contributed by atoms with van der Waals surface area (Å²) in [6.45, 7) is 0.811. The Labute approximate surface area is 117 Å². The van der Waals surface area contributed by atoms with Crippen molar-refractivity contribution in [3.63, 3.8) is 0 Å². The van der Waals surface area contributed by atoms with E-state index in [4.69, 9.17) is 21.1 Å². The minimum absolute atomic E-state index is 0.592. The van der Waals surface area contributed by atoms with Gasteiger partial charge in [-0.15, -0.1) is 0 Å². The predicted molar refractivity (Wildman–Crippen MR) is 77.1 cm³/mol. The van der Waals surface area contributed by atoms with E-state index in [2.05, 4.69) is 5.32 Å². The van der Waals surface area contributed by atoms with Gasteiger partial charge in [0.15, 0.2) is 11.5 Å². The first-order chi connectivity index (χ1) is 8.74. The summed E-state index contributed by atoms with van der Waals surface area (Å²) in [6, 6.07) is 4.51. The number of hydrogen-bond acceptors (Lipinski definition) is 4. The highest BCUT2D eigenvalue weighted by molar-refractivity contribution is 7.99. The minimum atomic E-state index is 0.592. The topological polar surface area (TPSA) is 30.5 Å². The molecule has 18 heavy (non-hydrogen) atoms. The van der Waals surface area contributed by atoms with Crippen molar-refractivity contribution >= 4 is 23.4 Å². The lowest BCUT2D eigenvalue weighted by Crippen LogP contribution is -2.27. The molecule has 100 valence electrons. The van der Waals surface area contributed by atoms with Crippen LogP contribution < -0.4 is 14.8 Å². The average molecular weight is 288 g/mol. The van der Waals surface area contributed by atoms with Gasteiger partial charge in [-0.3, -0.25) is 0 Å². The molecule has 5 heteroatoms. The van der Waals surface area contributed by atoms with Crippen molar-refractivity contribution in [2.75, 3.05) is 25.7 Å². The average Bonchev–Trinajstić information content (AvgIpc) is 2.88. The van der Waals surface area contributed by atoms with Crippen molar-refractivity contribution in [3.05, 3.63) is 22.7 Å². The highest BCUT2D eigenvalue weighted by atomic mass is 35.5. The van der Waals surface area contributed by atoms with E-state index < -0.39 is 0 Å².